The Hall–Kier alpha value is -1.04. The van der Waals surface area contributed by atoms with Gasteiger partial charge < -0.3 is 10.5 Å². The minimum Gasteiger partial charge on any atom is -0.444 e. The third kappa shape index (κ3) is 6.96. The maximum atomic E-state index is 9.76. The Balaban J connectivity index is 3.55. The summed E-state index contributed by atoms with van der Waals surface area (Å²) in [5, 5.41) is 0.782. The molecule has 0 saturated heterocycles. The van der Waals surface area contributed by atoms with Gasteiger partial charge in [0.05, 0.1) is 5.37 Å². The van der Waals surface area contributed by atoms with Gasteiger partial charge in [-0.3, -0.25) is 0 Å². The molecule has 2 N–H and O–H groups in total. The van der Waals surface area contributed by atoms with Gasteiger partial charge >= 0.3 is 6.09 Å². The summed E-state index contributed by atoms with van der Waals surface area (Å²) < 4.78 is 23.4. The lowest BCUT2D eigenvalue weighted by atomic mass is 10.9. The molecular weight excluding hydrogens is 146 g/mol. The largest absolute Gasteiger partial charge is 0.444 e. The first-order valence-electron chi connectivity index (χ1n) is 1.96. The van der Waals surface area contributed by atoms with E-state index >= 15 is 0 Å². The number of amides is 1. The molecule has 0 aliphatic carbocycles. The maximum absolute atomic E-state index is 9.76. The van der Waals surface area contributed by atoms with Crippen LogP contribution < -0.4 is 5.73 Å². The van der Waals surface area contributed by atoms with E-state index in [2.05, 4.69) is 10.5 Å². The molecule has 0 radical (unpaired) electrons. The molecule has 0 aromatic rings. The average molecular weight is 151 g/mol. The van der Waals surface area contributed by atoms with Crippen LogP contribution in [0.2, 0.25) is 0 Å². The molecule has 0 heterocycles. The summed E-state index contributed by atoms with van der Waals surface area (Å²) in [6, 6.07) is 0. The Morgan fingerprint density at radius 3 is 2.56 bits per heavy atom. The zero-order valence-electron chi connectivity index (χ0n) is 4.40. The topological polar surface area (TPSA) is 86.5 Å². The standard InChI is InChI=1S/C3H5NO4S/c4-3(5)8-1-2-9(6)7/h2H,1H2,(H2,4,5). The first-order valence-corrected chi connectivity index (χ1v) is 3.10. The number of primary amides is 1. The Bertz CT molecular complexity index is 208. The molecule has 6 heteroatoms. The number of ether oxygens (including phenoxy) is 1. The third-order valence-corrected chi connectivity index (χ3v) is 0.838. The summed E-state index contributed by atoms with van der Waals surface area (Å²) in [7, 11) is -2.29. The summed E-state index contributed by atoms with van der Waals surface area (Å²) in [4.78, 5) is 9.76. The van der Waals surface area contributed by atoms with E-state index in [1.807, 2.05) is 0 Å². The van der Waals surface area contributed by atoms with Crippen molar-refractivity contribution in [3.05, 3.63) is 0 Å². The molecule has 0 saturated carbocycles. The third-order valence-electron chi connectivity index (χ3n) is 0.430. The van der Waals surface area contributed by atoms with Gasteiger partial charge in [-0.2, -0.15) is 8.42 Å². The molecule has 0 aliphatic rings. The van der Waals surface area contributed by atoms with Crippen molar-refractivity contribution >= 4 is 21.8 Å². The smallest absolute Gasteiger partial charge is 0.404 e. The first-order chi connectivity index (χ1) is 4.13. The van der Waals surface area contributed by atoms with Crippen molar-refractivity contribution in [3.63, 3.8) is 0 Å². The number of hydrogen-bond acceptors (Lipinski definition) is 4. The molecule has 0 aliphatic heterocycles. The van der Waals surface area contributed by atoms with E-state index in [1.165, 1.54) is 0 Å². The molecule has 0 spiro atoms. The highest BCUT2D eigenvalue weighted by Crippen LogP contribution is 1.66. The van der Waals surface area contributed by atoms with Gasteiger partial charge in [0.1, 0.15) is 6.61 Å². The molecule has 1 amide bonds. The molecule has 0 atom stereocenters. The average Bonchev–Trinajstić information content (AvgIpc) is 1.63. The highest BCUT2D eigenvalue weighted by Gasteiger charge is 1.87. The Labute approximate surface area is 52.9 Å². The second kappa shape index (κ2) is 3.90. The molecule has 52 valence electrons. The van der Waals surface area contributed by atoms with Gasteiger partial charge in [0, 0.05) is 0 Å². The maximum Gasteiger partial charge on any atom is 0.404 e. The van der Waals surface area contributed by atoms with Crippen LogP contribution in [0.1, 0.15) is 0 Å². The normalized spacial score (nSPS) is 8.00. The van der Waals surface area contributed by atoms with Crippen LogP contribution in [0, 0.1) is 0 Å². The molecule has 0 aromatic carbocycles. The second-order valence-electron chi connectivity index (χ2n) is 1.06. The van der Waals surface area contributed by atoms with E-state index in [9.17, 15) is 13.2 Å². The first kappa shape index (κ1) is 7.96. The van der Waals surface area contributed by atoms with Crippen molar-refractivity contribution in [3.8, 4) is 0 Å². The lowest BCUT2D eigenvalue weighted by molar-refractivity contribution is 0.174. The van der Waals surface area contributed by atoms with Crippen LogP contribution in [-0.4, -0.2) is 26.5 Å². The van der Waals surface area contributed by atoms with Crippen molar-refractivity contribution < 1.29 is 17.9 Å². The Morgan fingerprint density at radius 1 is 1.67 bits per heavy atom. The van der Waals surface area contributed by atoms with Gasteiger partial charge in [-0.15, -0.1) is 0 Å². The van der Waals surface area contributed by atoms with Crippen LogP contribution in [0.25, 0.3) is 0 Å². The van der Waals surface area contributed by atoms with Crippen LogP contribution in [-0.2, 0) is 15.0 Å². The molecule has 0 aromatic heterocycles. The second-order valence-corrected chi connectivity index (χ2v) is 1.91. The van der Waals surface area contributed by atoms with E-state index in [-0.39, 0.29) is 6.61 Å². The zero-order chi connectivity index (χ0) is 7.28. The van der Waals surface area contributed by atoms with Gasteiger partial charge in [0.2, 0.25) is 10.3 Å². The highest BCUT2D eigenvalue weighted by molar-refractivity contribution is 7.71. The SMILES string of the molecule is NC(=O)OCC=S(=O)=O. The van der Waals surface area contributed by atoms with Crippen LogP contribution in [0.3, 0.4) is 0 Å². The van der Waals surface area contributed by atoms with Crippen LogP contribution in [0.15, 0.2) is 0 Å². The molecule has 0 fully saturated rings. The molecule has 0 unspecified atom stereocenters. The van der Waals surface area contributed by atoms with Crippen LogP contribution in [0.5, 0.6) is 0 Å². The van der Waals surface area contributed by atoms with E-state index in [0.717, 1.165) is 5.37 Å². The molecule has 0 rings (SSSR count). The van der Waals surface area contributed by atoms with Crippen LogP contribution in [0.4, 0.5) is 4.79 Å². The predicted molar refractivity (Wildman–Crippen MR) is 30.5 cm³/mol. The minimum absolute atomic E-state index is 0.300. The van der Waals surface area contributed by atoms with E-state index < -0.39 is 16.4 Å². The molecular formula is C3H5NO4S. The van der Waals surface area contributed by atoms with E-state index in [4.69, 9.17) is 0 Å². The molecule has 9 heavy (non-hydrogen) atoms. The molecule has 0 bridgehead atoms. The summed E-state index contributed by atoms with van der Waals surface area (Å²) in [6.07, 6.45) is -0.989. The Morgan fingerprint density at radius 2 is 2.22 bits per heavy atom. The van der Waals surface area contributed by atoms with Crippen molar-refractivity contribution in [1.29, 1.82) is 0 Å². The Kier molecular flexibility index (Phi) is 3.45. The van der Waals surface area contributed by atoms with Crippen molar-refractivity contribution in [1.82, 2.24) is 0 Å². The summed E-state index contributed by atoms with van der Waals surface area (Å²) >= 11 is 0. The fourth-order valence-corrected chi connectivity index (χ4v) is 0.351. The number of carbonyl (C=O) groups is 1. The van der Waals surface area contributed by atoms with Gasteiger partial charge in [-0.25, -0.2) is 4.79 Å². The monoisotopic (exact) mass is 151 g/mol. The summed E-state index contributed by atoms with van der Waals surface area (Å²) in [6.45, 7) is -0.300. The van der Waals surface area contributed by atoms with Crippen molar-refractivity contribution in [2.45, 2.75) is 0 Å². The number of carbonyl (C=O) groups excluding carboxylic acids is 1. The van der Waals surface area contributed by atoms with Gasteiger partial charge in [0.25, 0.3) is 0 Å². The fraction of sp³-hybridized carbons (Fsp3) is 0.333. The lowest BCUT2D eigenvalue weighted by Crippen LogP contribution is -2.14. The zero-order valence-corrected chi connectivity index (χ0v) is 5.22. The van der Waals surface area contributed by atoms with E-state index in [1.54, 1.807) is 0 Å². The minimum atomic E-state index is -2.29. The number of rotatable bonds is 2. The number of hydrogen-bond donors (Lipinski definition) is 1. The van der Waals surface area contributed by atoms with Crippen molar-refractivity contribution in [2.24, 2.45) is 5.73 Å². The quantitative estimate of drug-likeness (QED) is 0.500. The highest BCUT2D eigenvalue weighted by atomic mass is 32.2. The number of nitrogens with two attached hydrogens (primary N) is 1. The summed E-state index contributed by atoms with van der Waals surface area (Å²) in [5.41, 5.74) is 4.50. The lowest BCUT2D eigenvalue weighted by Gasteiger charge is -1.89. The van der Waals surface area contributed by atoms with Gasteiger partial charge in [0.15, 0.2) is 0 Å². The van der Waals surface area contributed by atoms with Crippen LogP contribution >= 0.6 is 0 Å². The fourth-order valence-electron chi connectivity index (χ4n) is 0.172. The van der Waals surface area contributed by atoms with Gasteiger partial charge in [-0.05, 0) is 0 Å². The summed E-state index contributed by atoms with van der Waals surface area (Å²) in [5.74, 6) is 0. The van der Waals surface area contributed by atoms with Crippen molar-refractivity contribution in [2.75, 3.05) is 6.61 Å². The molecule has 5 nitrogen and oxygen atoms in total. The predicted octanol–water partition coefficient (Wildman–Crippen LogP) is -1.24. The van der Waals surface area contributed by atoms with E-state index in [0.29, 0.717) is 0 Å². The van der Waals surface area contributed by atoms with Gasteiger partial charge in [-0.1, -0.05) is 0 Å².